The summed E-state index contributed by atoms with van der Waals surface area (Å²) in [7, 11) is 0. The molecule has 5 nitrogen and oxygen atoms in total. The van der Waals surface area contributed by atoms with Crippen LogP contribution in [0.3, 0.4) is 0 Å². The Bertz CT molecular complexity index is 411. The minimum atomic E-state index is -0.374. The Balaban J connectivity index is 2.10. The zero-order chi connectivity index (χ0) is 9.80. The summed E-state index contributed by atoms with van der Waals surface area (Å²) in [6, 6.07) is 3.36. The number of aromatic nitrogens is 2. The highest BCUT2D eigenvalue weighted by molar-refractivity contribution is 6.00. The van der Waals surface area contributed by atoms with Crippen LogP contribution >= 0.6 is 0 Å². The lowest BCUT2D eigenvalue weighted by Gasteiger charge is -1.99. The maximum atomic E-state index is 11.4. The van der Waals surface area contributed by atoms with Gasteiger partial charge >= 0.3 is 5.91 Å². The molecular weight excluding hydrogens is 182 g/mol. The zero-order valence-corrected chi connectivity index (χ0v) is 7.18. The van der Waals surface area contributed by atoms with Crippen LogP contribution in [0.15, 0.2) is 41.4 Å². The molecule has 2 aromatic rings. The summed E-state index contributed by atoms with van der Waals surface area (Å²) in [5.41, 5.74) is 0.656. The van der Waals surface area contributed by atoms with Crippen molar-refractivity contribution in [2.24, 2.45) is 0 Å². The maximum absolute atomic E-state index is 11.4. The largest absolute Gasteiger partial charge is 0.441 e. The number of carbonyl (C=O) groups is 1. The SMILES string of the molecule is O=C(Nc1ccncc1)c1ncco1. The predicted molar refractivity (Wildman–Crippen MR) is 48.7 cm³/mol. The second-order valence-corrected chi connectivity index (χ2v) is 2.53. The summed E-state index contributed by atoms with van der Waals surface area (Å²) in [6.45, 7) is 0. The third kappa shape index (κ3) is 1.77. The molecule has 0 aromatic carbocycles. The third-order valence-electron chi connectivity index (χ3n) is 1.56. The molecule has 1 amide bonds. The maximum Gasteiger partial charge on any atom is 0.311 e. The first-order valence-electron chi connectivity index (χ1n) is 3.97. The fourth-order valence-corrected chi connectivity index (χ4v) is 0.955. The van der Waals surface area contributed by atoms with Gasteiger partial charge in [0.05, 0.1) is 6.20 Å². The molecule has 14 heavy (non-hydrogen) atoms. The van der Waals surface area contributed by atoms with Crippen LogP contribution in [0.25, 0.3) is 0 Å². The molecule has 0 spiro atoms. The molecule has 0 aliphatic heterocycles. The van der Waals surface area contributed by atoms with Crippen LogP contribution < -0.4 is 5.32 Å². The first-order valence-corrected chi connectivity index (χ1v) is 3.97. The Morgan fingerprint density at radius 2 is 2.07 bits per heavy atom. The van der Waals surface area contributed by atoms with Crippen LogP contribution in [0.2, 0.25) is 0 Å². The standard InChI is InChI=1S/C9H7N3O2/c13-8(9-11-5-6-14-9)12-7-1-3-10-4-2-7/h1-6H,(H,10,12,13). The molecule has 0 radical (unpaired) electrons. The number of amides is 1. The number of pyridine rings is 1. The minimum Gasteiger partial charge on any atom is -0.441 e. The van der Waals surface area contributed by atoms with Crippen molar-refractivity contribution in [3.05, 3.63) is 42.9 Å². The average Bonchev–Trinajstić information content (AvgIpc) is 2.72. The minimum absolute atomic E-state index is 0.0433. The van der Waals surface area contributed by atoms with Crippen molar-refractivity contribution < 1.29 is 9.21 Å². The van der Waals surface area contributed by atoms with Crippen molar-refractivity contribution in [1.29, 1.82) is 0 Å². The molecule has 0 atom stereocenters. The Morgan fingerprint density at radius 3 is 2.71 bits per heavy atom. The number of oxazole rings is 1. The average molecular weight is 189 g/mol. The summed E-state index contributed by atoms with van der Waals surface area (Å²) in [5, 5.41) is 2.61. The van der Waals surface area contributed by atoms with E-state index in [1.54, 1.807) is 24.5 Å². The Kier molecular flexibility index (Phi) is 2.22. The first-order chi connectivity index (χ1) is 6.86. The Hall–Kier alpha value is -2.17. The quantitative estimate of drug-likeness (QED) is 0.773. The lowest BCUT2D eigenvalue weighted by atomic mass is 10.4. The van der Waals surface area contributed by atoms with Crippen LogP contribution in [-0.4, -0.2) is 15.9 Å². The second-order valence-electron chi connectivity index (χ2n) is 2.53. The summed E-state index contributed by atoms with van der Waals surface area (Å²) in [6.07, 6.45) is 5.94. The van der Waals surface area contributed by atoms with Gasteiger partial charge < -0.3 is 9.73 Å². The van der Waals surface area contributed by atoms with Crippen LogP contribution in [-0.2, 0) is 0 Å². The molecule has 0 aliphatic rings. The van der Waals surface area contributed by atoms with E-state index in [4.69, 9.17) is 4.42 Å². The van der Waals surface area contributed by atoms with E-state index in [9.17, 15) is 4.79 Å². The van der Waals surface area contributed by atoms with Gasteiger partial charge in [0.1, 0.15) is 6.26 Å². The molecule has 5 heteroatoms. The van der Waals surface area contributed by atoms with E-state index in [2.05, 4.69) is 15.3 Å². The lowest BCUT2D eigenvalue weighted by molar-refractivity contribution is 0.0990. The van der Waals surface area contributed by atoms with Crippen LogP contribution in [0.5, 0.6) is 0 Å². The van der Waals surface area contributed by atoms with E-state index in [1.165, 1.54) is 12.5 Å². The number of nitrogens with one attached hydrogen (secondary N) is 1. The number of hydrogen-bond acceptors (Lipinski definition) is 4. The van der Waals surface area contributed by atoms with Gasteiger partial charge in [-0.3, -0.25) is 9.78 Å². The topological polar surface area (TPSA) is 68.0 Å². The predicted octanol–water partition coefficient (Wildman–Crippen LogP) is 1.32. The zero-order valence-electron chi connectivity index (χ0n) is 7.18. The van der Waals surface area contributed by atoms with Gasteiger partial charge in [0.15, 0.2) is 0 Å². The fraction of sp³-hybridized carbons (Fsp3) is 0. The van der Waals surface area contributed by atoms with Crippen molar-refractivity contribution in [1.82, 2.24) is 9.97 Å². The van der Waals surface area contributed by atoms with Gasteiger partial charge in [-0.05, 0) is 12.1 Å². The summed E-state index contributed by atoms with van der Waals surface area (Å²) in [5.74, 6) is -0.331. The van der Waals surface area contributed by atoms with E-state index in [0.717, 1.165) is 0 Å². The van der Waals surface area contributed by atoms with Gasteiger partial charge in [0, 0.05) is 18.1 Å². The summed E-state index contributed by atoms with van der Waals surface area (Å²) >= 11 is 0. The molecule has 70 valence electrons. The summed E-state index contributed by atoms with van der Waals surface area (Å²) < 4.78 is 4.83. The molecule has 0 saturated carbocycles. The van der Waals surface area contributed by atoms with Gasteiger partial charge in [-0.1, -0.05) is 0 Å². The van der Waals surface area contributed by atoms with E-state index in [1.807, 2.05) is 0 Å². The normalized spacial score (nSPS) is 9.71. The van der Waals surface area contributed by atoms with Crippen molar-refractivity contribution in [2.75, 3.05) is 5.32 Å². The van der Waals surface area contributed by atoms with E-state index < -0.39 is 0 Å². The van der Waals surface area contributed by atoms with Gasteiger partial charge in [0.25, 0.3) is 5.89 Å². The molecule has 0 fully saturated rings. The van der Waals surface area contributed by atoms with E-state index in [-0.39, 0.29) is 11.8 Å². The van der Waals surface area contributed by atoms with Crippen molar-refractivity contribution in [3.8, 4) is 0 Å². The molecule has 0 unspecified atom stereocenters. The number of rotatable bonds is 2. The summed E-state index contributed by atoms with van der Waals surface area (Å²) in [4.78, 5) is 18.9. The third-order valence-corrected chi connectivity index (χ3v) is 1.56. The smallest absolute Gasteiger partial charge is 0.311 e. The van der Waals surface area contributed by atoms with Gasteiger partial charge in [-0.15, -0.1) is 0 Å². The first kappa shape index (κ1) is 8.43. The van der Waals surface area contributed by atoms with Gasteiger partial charge in [-0.25, -0.2) is 4.98 Å². The Morgan fingerprint density at radius 1 is 1.29 bits per heavy atom. The van der Waals surface area contributed by atoms with Crippen LogP contribution in [0, 0.1) is 0 Å². The second kappa shape index (κ2) is 3.69. The number of nitrogens with zero attached hydrogens (tertiary/aromatic N) is 2. The number of anilines is 1. The van der Waals surface area contributed by atoms with Gasteiger partial charge in [0.2, 0.25) is 0 Å². The lowest BCUT2D eigenvalue weighted by Crippen LogP contribution is -2.11. The molecule has 2 rings (SSSR count). The van der Waals surface area contributed by atoms with Crippen molar-refractivity contribution >= 4 is 11.6 Å². The highest BCUT2D eigenvalue weighted by Gasteiger charge is 2.09. The highest BCUT2D eigenvalue weighted by atomic mass is 16.3. The van der Waals surface area contributed by atoms with Crippen molar-refractivity contribution in [2.45, 2.75) is 0 Å². The number of carbonyl (C=O) groups excluding carboxylic acids is 1. The highest BCUT2D eigenvalue weighted by Crippen LogP contribution is 2.05. The number of hydrogen-bond donors (Lipinski definition) is 1. The van der Waals surface area contributed by atoms with E-state index in [0.29, 0.717) is 5.69 Å². The molecule has 0 bridgehead atoms. The molecule has 2 heterocycles. The monoisotopic (exact) mass is 189 g/mol. The van der Waals surface area contributed by atoms with E-state index >= 15 is 0 Å². The Labute approximate surface area is 79.8 Å². The molecule has 0 saturated heterocycles. The van der Waals surface area contributed by atoms with Crippen LogP contribution in [0.1, 0.15) is 10.7 Å². The van der Waals surface area contributed by atoms with Crippen LogP contribution in [0.4, 0.5) is 5.69 Å². The molecular formula is C9H7N3O2. The fourth-order valence-electron chi connectivity index (χ4n) is 0.955. The van der Waals surface area contributed by atoms with Gasteiger partial charge in [-0.2, -0.15) is 0 Å². The molecule has 2 aromatic heterocycles. The van der Waals surface area contributed by atoms with Crippen molar-refractivity contribution in [3.63, 3.8) is 0 Å². The molecule has 0 aliphatic carbocycles. The molecule has 1 N–H and O–H groups in total.